The number of carbonyl (C=O) groups is 2. The molecule has 10 nitrogen and oxygen atoms in total. The number of amides is 1. The molecule has 0 bridgehead atoms. The highest BCUT2D eigenvalue weighted by molar-refractivity contribution is 7.94. The zero-order valence-electron chi connectivity index (χ0n) is 22.8. The van der Waals surface area contributed by atoms with Gasteiger partial charge in [0.2, 0.25) is 0 Å². The summed E-state index contributed by atoms with van der Waals surface area (Å²) in [6.07, 6.45) is 2.77. The highest BCUT2D eigenvalue weighted by Crippen LogP contribution is 2.26. The lowest BCUT2D eigenvalue weighted by atomic mass is 10.0. The summed E-state index contributed by atoms with van der Waals surface area (Å²) >= 11 is 6.74. The van der Waals surface area contributed by atoms with Gasteiger partial charge in [-0.3, -0.25) is 23.9 Å². The number of fused-ring (bicyclic) bond motifs is 1. The maximum atomic E-state index is 13.4. The molecule has 1 aliphatic heterocycles. The lowest BCUT2D eigenvalue weighted by molar-refractivity contribution is -0.116. The zero-order valence-corrected chi connectivity index (χ0v) is 25.2. The van der Waals surface area contributed by atoms with Gasteiger partial charge in [0.05, 0.1) is 23.1 Å². The number of ketones is 1. The summed E-state index contributed by atoms with van der Waals surface area (Å²) in [6, 6.07) is 11.4. The van der Waals surface area contributed by atoms with Crippen LogP contribution in [0.4, 0.5) is 0 Å². The number of sulfone groups is 1. The number of ether oxygens (including phenoxy) is 1. The van der Waals surface area contributed by atoms with E-state index in [1.807, 2.05) is 19.1 Å². The van der Waals surface area contributed by atoms with Crippen molar-refractivity contribution >= 4 is 55.2 Å². The highest BCUT2D eigenvalue weighted by Gasteiger charge is 2.22. The number of benzene rings is 1. The summed E-state index contributed by atoms with van der Waals surface area (Å²) in [5.41, 5.74) is 1.41. The van der Waals surface area contributed by atoms with E-state index in [0.29, 0.717) is 52.5 Å². The number of thiophene rings is 1. The van der Waals surface area contributed by atoms with E-state index < -0.39 is 21.4 Å². The Morgan fingerprint density at radius 3 is 2.57 bits per heavy atom. The molecule has 4 aromatic rings. The minimum absolute atomic E-state index is 0.0427. The molecular formula is C29H29ClN4O6S2. The number of aryl methyl sites for hydroxylation is 1. The van der Waals surface area contributed by atoms with E-state index in [2.05, 4.69) is 15.2 Å². The molecule has 0 unspecified atom stereocenters. The Balaban J connectivity index is 1.35. The number of halogens is 1. The second-order valence-electron chi connectivity index (χ2n) is 10.0. The van der Waals surface area contributed by atoms with Gasteiger partial charge in [-0.25, -0.2) is 13.4 Å². The van der Waals surface area contributed by atoms with Gasteiger partial charge in [0.25, 0.3) is 11.5 Å². The van der Waals surface area contributed by atoms with Gasteiger partial charge >= 0.3 is 0 Å². The normalized spacial score (nSPS) is 14.2. The van der Waals surface area contributed by atoms with Gasteiger partial charge in [-0.2, -0.15) is 0 Å². The molecule has 5 rings (SSSR count). The van der Waals surface area contributed by atoms with Crippen LogP contribution in [0.1, 0.15) is 21.5 Å². The summed E-state index contributed by atoms with van der Waals surface area (Å²) < 4.78 is 32.1. The first-order chi connectivity index (χ1) is 20.1. The number of aromatic nitrogens is 2. The Labute approximate surface area is 251 Å². The first-order valence-corrected chi connectivity index (χ1v) is 16.1. The van der Waals surface area contributed by atoms with Crippen LogP contribution < -0.4 is 10.9 Å². The second kappa shape index (κ2) is 12.8. The number of morpholine rings is 1. The van der Waals surface area contributed by atoms with E-state index in [4.69, 9.17) is 16.3 Å². The monoisotopic (exact) mass is 628 g/mol. The van der Waals surface area contributed by atoms with Crippen molar-refractivity contribution in [1.82, 2.24) is 19.8 Å². The van der Waals surface area contributed by atoms with Crippen LogP contribution in [0, 0.1) is 6.92 Å². The van der Waals surface area contributed by atoms with Crippen LogP contribution >= 0.6 is 22.9 Å². The summed E-state index contributed by atoms with van der Waals surface area (Å²) in [5.74, 6) is -1.19. The van der Waals surface area contributed by atoms with Crippen molar-refractivity contribution in [3.05, 3.63) is 86.2 Å². The van der Waals surface area contributed by atoms with Crippen molar-refractivity contribution in [1.29, 1.82) is 0 Å². The van der Waals surface area contributed by atoms with E-state index in [9.17, 15) is 22.8 Å². The van der Waals surface area contributed by atoms with Crippen molar-refractivity contribution < 1.29 is 22.7 Å². The van der Waals surface area contributed by atoms with Gasteiger partial charge in [0.1, 0.15) is 15.8 Å². The Morgan fingerprint density at radius 2 is 1.88 bits per heavy atom. The van der Waals surface area contributed by atoms with Crippen LogP contribution in [0.5, 0.6) is 0 Å². The van der Waals surface area contributed by atoms with E-state index >= 15 is 0 Å². The van der Waals surface area contributed by atoms with Gasteiger partial charge < -0.3 is 10.1 Å². The van der Waals surface area contributed by atoms with Crippen molar-refractivity contribution in [2.75, 3.05) is 45.1 Å². The van der Waals surface area contributed by atoms with E-state index in [-0.39, 0.29) is 27.9 Å². The van der Waals surface area contributed by atoms with Gasteiger partial charge in [-0.1, -0.05) is 35.4 Å². The largest absolute Gasteiger partial charge is 0.379 e. The Kier molecular flexibility index (Phi) is 9.19. The molecule has 0 saturated carbocycles. The van der Waals surface area contributed by atoms with Crippen molar-refractivity contribution in [2.24, 2.45) is 0 Å². The molecule has 1 amide bonds. The highest BCUT2D eigenvalue weighted by atomic mass is 35.5. The zero-order chi connectivity index (χ0) is 29.9. The van der Waals surface area contributed by atoms with Crippen molar-refractivity contribution in [2.45, 2.75) is 17.6 Å². The predicted molar refractivity (Wildman–Crippen MR) is 162 cm³/mol. The molecule has 1 aliphatic rings. The number of pyridine rings is 2. The first-order valence-electron chi connectivity index (χ1n) is 13.3. The minimum atomic E-state index is -3.79. The molecule has 1 N–H and O–H groups in total. The molecule has 220 valence electrons. The maximum absolute atomic E-state index is 13.4. The van der Waals surface area contributed by atoms with Gasteiger partial charge in [0, 0.05) is 55.8 Å². The Morgan fingerprint density at radius 1 is 1.10 bits per heavy atom. The molecule has 0 radical (unpaired) electrons. The standard InChI is InChI=1S/C29H29ClN4O6S2/c1-19-2-4-22-23(14-19)24(28(36)31-8-9-33-10-12-40-13-11-33)17-34(29(22)37)26-6-3-20(16-32-26)15-21(35)18-42(38,39)27-7-5-25(30)41-27/h2-7,14,16-17H,8-13,15,18H2,1H3,(H,31,36). The molecule has 42 heavy (non-hydrogen) atoms. The van der Waals surface area contributed by atoms with Crippen LogP contribution in [0.3, 0.4) is 0 Å². The fourth-order valence-corrected chi connectivity index (χ4v) is 7.56. The lowest BCUT2D eigenvalue weighted by Crippen LogP contribution is -2.41. The number of carbonyl (C=O) groups excluding carboxylic acids is 2. The van der Waals surface area contributed by atoms with Gasteiger partial charge in [-0.05, 0) is 36.8 Å². The van der Waals surface area contributed by atoms with Crippen LogP contribution in [0.15, 0.2) is 63.9 Å². The minimum Gasteiger partial charge on any atom is -0.379 e. The topological polar surface area (TPSA) is 128 Å². The summed E-state index contributed by atoms with van der Waals surface area (Å²) in [4.78, 5) is 45.9. The lowest BCUT2D eigenvalue weighted by Gasteiger charge is -2.26. The summed E-state index contributed by atoms with van der Waals surface area (Å²) in [7, 11) is -3.79. The molecule has 1 aromatic carbocycles. The second-order valence-corrected chi connectivity index (χ2v) is 14.0. The van der Waals surface area contributed by atoms with Crippen LogP contribution in [-0.2, 0) is 25.8 Å². The Bertz CT molecular complexity index is 1800. The predicted octanol–water partition coefficient (Wildman–Crippen LogP) is 3.06. The smallest absolute Gasteiger partial charge is 0.264 e. The molecule has 13 heteroatoms. The fraction of sp³-hybridized carbons (Fsp3) is 0.310. The molecule has 0 aliphatic carbocycles. The average molecular weight is 629 g/mol. The number of nitrogens with one attached hydrogen (secondary N) is 1. The molecule has 1 fully saturated rings. The first kappa shape index (κ1) is 30.1. The van der Waals surface area contributed by atoms with Crippen LogP contribution in [-0.4, -0.2) is 79.7 Å². The summed E-state index contributed by atoms with van der Waals surface area (Å²) in [5, 5.41) is 3.90. The number of nitrogens with zero attached hydrogens (tertiary/aromatic N) is 3. The molecule has 4 heterocycles. The molecule has 0 atom stereocenters. The van der Waals surface area contributed by atoms with E-state index in [1.165, 1.54) is 29.1 Å². The molecule has 1 saturated heterocycles. The maximum Gasteiger partial charge on any atom is 0.264 e. The number of Topliss-reactive ketones (excluding diaryl/α,β-unsaturated/α-hetero) is 1. The average Bonchev–Trinajstić information content (AvgIpc) is 3.41. The molecular weight excluding hydrogens is 600 g/mol. The Hall–Kier alpha value is -3.42. The van der Waals surface area contributed by atoms with E-state index in [1.54, 1.807) is 18.2 Å². The van der Waals surface area contributed by atoms with Gasteiger partial charge in [0.15, 0.2) is 15.6 Å². The number of rotatable bonds is 10. The molecule has 0 spiro atoms. The SMILES string of the molecule is Cc1ccc2c(=O)n(-c3ccc(CC(=O)CS(=O)(=O)c4ccc(Cl)s4)cn3)cc(C(=O)NCCN3CCOCC3)c2c1. The molecule has 3 aromatic heterocycles. The van der Waals surface area contributed by atoms with Crippen molar-refractivity contribution in [3.63, 3.8) is 0 Å². The third-order valence-electron chi connectivity index (χ3n) is 6.90. The third-order valence-corrected chi connectivity index (χ3v) is 10.4. The third kappa shape index (κ3) is 6.96. The number of hydrogen-bond donors (Lipinski definition) is 1. The fourth-order valence-electron chi connectivity index (χ4n) is 4.74. The van der Waals surface area contributed by atoms with Crippen LogP contribution in [0.2, 0.25) is 4.34 Å². The van der Waals surface area contributed by atoms with Crippen molar-refractivity contribution in [3.8, 4) is 5.82 Å². The van der Waals surface area contributed by atoms with Crippen LogP contribution in [0.25, 0.3) is 16.6 Å². The quantitative estimate of drug-likeness (QED) is 0.284. The van der Waals surface area contributed by atoms with E-state index in [0.717, 1.165) is 30.0 Å². The number of hydrogen-bond acceptors (Lipinski definition) is 9. The summed E-state index contributed by atoms with van der Waals surface area (Å²) in [6.45, 7) is 6.01. The van der Waals surface area contributed by atoms with Gasteiger partial charge in [-0.15, -0.1) is 11.3 Å².